The quantitative estimate of drug-likeness (QED) is 0.801. The van der Waals surface area contributed by atoms with Crippen LogP contribution in [0.1, 0.15) is 37.3 Å². The van der Waals surface area contributed by atoms with Gasteiger partial charge in [-0.05, 0) is 56.6 Å². The second-order valence-electron chi connectivity index (χ2n) is 8.32. The van der Waals surface area contributed by atoms with Gasteiger partial charge in [-0.1, -0.05) is 67.4 Å². The van der Waals surface area contributed by atoms with E-state index in [9.17, 15) is 5.11 Å². The maximum Gasteiger partial charge on any atom is 0.0898 e. The molecule has 2 aromatic carbocycles. The van der Waals surface area contributed by atoms with Crippen molar-refractivity contribution >= 4 is 11.6 Å². The van der Waals surface area contributed by atoms with E-state index in [1.165, 1.54) is 5.56 Å². The first-order valence-corrected chi connectivity index (χ1v) is 9.89. The van der Waals surface area contributed by atoms with Crippen LogP contribution >= 0.6 is 11.6 Å². The Balaban J connectivity index is 1.98. The summed E-state index contributed by atoms with van der Waals surface area (Å²) in [7, 11) is 4.18. The summed E-state index contributed by atoms with van der Waals surface area (Å²) in [5.41, 5.74) is 1.47. The third-order valence-electron chi connectivity index (χ3n) is 6.25. The van der Waals surface area contributed by atoms with E-state index in [0.29, 0.717) is 6.42 Å². The Labute approximate surface area is 162 Å². The summed E-state index contributed by atoms with van der Waals surface area (Å²) in [6, 6.07) is 18.6. The van der Waals surface area contributed by atoms with Crippen LogP contribution in [0.25, 0.3) is 0 Å². The Hall–Kier alpha value is -1.35. The number of hydrogen-bond acceptors (Lipinski definition) is 2. The minimum Gasteiger partial charge on any atom is -0.387 e. The maximum absolute atomic E-state index is 12.1. The highest BCUT2D eigenvalue weighted by molar-refractivity contribution is 6.30. The van der Waals surface area contributed by atoms with E-state index in [1.54, 1.807) is 0 Å². The van der Waals surface area contributed by atoms with E-state index in [1.807, 2.05) is 24.3 Å². The van der Waals surface area contributed by atoms with Crippen LogP contribution in [0.5, 0.6) is 0 Å². The van der Waals surface area contributed by atoms with E-state index >= 15 is 0 Å². The molecule has 3 atom stereocenters. The monoisotopic (exact) mass is 371 g/mol. The smallest absolute Gasteiger partial charge is 0.0898 e. The molecule has 0 spiro atoms. The lowest BCUT2D eigenvalue weighted by molar-refractivity contribution is -0.150. The molecule has 0 radical (unpaired) electrons. The average molecular weight is 372 g/mol. The van der Waals surface area contributed by atoms with Crippen LogP contribution in [0.4, 0.5) is 0 Å². The van der Waals surface area contributed by atoms with Gasteiger partial charge in [0.25, 0.3) is 0 Å². The fourth-order valence-electron chi connectivity index (χ4n) is 4.76. The lowest BCUT2D eigenvalue weighted by Crippen LogP contribution is -2.63. The van der Waals surface area contributed by atoms with Crippen molar-refractivity contribution in [1.82, 2.24) is 4.90 Å². The molecular formula is C23H30ClNO. The largest absolute Gasteiger partial charge is 0.387 e. The average Bonchev–Trinajstić information content (AvgIpc) is 2.60. The Kier molecular flexibility index (Phi) is 5.76. The number of rotatable bonds is 5. The molecule has 3 heteroatoms. The summed E-state index contributed by atoms with van der Waals surface area (Å²) < 4.78 is 0. The molecule has 0 heterocycles. The first kappa shape index (κ1) is 19.4. The van der Waals surface area contributed by atoms with Crippen molar-refractivity contribution in [2.45, 2.75) is 50.7 Å². The predicted octanol–water partition coefficient (Wildman–Crippen LogP) is 4.98. The molecule has 3 rings (SSSR count). The van der Waals surface area contributed by atoms with Crippen molar-refractivity contribution in [3.63, 3.8) is 0 Å². The highest BCUT2D eigenvalue weighted by Gasteiger charge is 2.54. The van der Waals surface area contributed by atoms with Crippen molar-refractivity contribution < 1.29 is 5.11 Å². The molecule has 0 bridgehead atoms. The molecule has 1 N–H and O–H groups in total. The summed E-state index contributed by atoms with van der Waals surface area (Å²) in [5.74, 6) is 0. The number of likely N-dealkylation sites (N-methyl/N-ethyl adjacent to an activating group) is 1. The second-order valence-corrected chi connectivity index (χ2v) is 8.76. The third kappa shape index (κ3) is 3.83. The summed E-state index contributed by atoms with van der Waals surface area (Å²) in [6.07, 6.45) is 4.76. The molecule has 26 heavy (non-hydrogen) atoms. The molecule has 0 aliphatic heterocycles. The second kappa shape index (κ2) is 7.72. The van der Waals surface area contributed by atoms with E-state index in [2.05, 4.69) is 56.3 Å². The van der Waals surface area contributed by atoms with Gasteiger partial charge < -0.3 is 10.0 Å². The minimum atomic E-state index is -0.793. The molecular weight excluding hydrogens is 342 g/mol. The van der Waals surface area contributed by atoms with Crippen LogP contribution in [-0.2, 0) is 12.8 Å². The number of nitrogens with zero attached hydrogens (tertiary/aromatic N) is 1. The van der Waals surface area contributed by atoms with E-state index in [4.69, 9.17) is 11.6 Å². The summed E-state index contributed by atoms with van der Waals surface area (Å²) in [6.45, 7) is 2.27. The van der Waals surface area contributed by atoms with Gasteiger partial charge >= 0.3 is 0 Å². The first-order chi connectivity index (χ1) is 12.3. The lowest BCUT2D eigenvalue weighted by atomic mass is 9.57. The summed E-state index contributed by atoms with van der Waals surface area (Å²) in [5, 5.41) is 12.9. The fourth-order valence-corrected chi connectivity index (χ4v) is 4.89. The summed E-state index contributed by atoms with van der Waals surface area (Å²) >= 11 is 6.06. The van der Waals surface area contributed by atoms with Crippen molar-refractivity contribution in [2.24, 2.45) is 5.41 Å². The first-order valence-electron chi connectivity index (χ1n) is 9.51. The number of halogens is 1. The van der Waals surface area contributed by atoms with Crippen molar-refractivity contribution in [3.8, 4) is 0 Å². The fraction of sp³-hybridized carbons (Fsp3) is 0.478. The third-order valence-corrected chi connectivity index (χ3v) is 6.50. The van der Waals surface area contributed by atoms with Gasteiger partial charge in [-0.2, -0.15) is 0 Å². The van der Waals surface area contributed by atoms with E-state index in [-0.39, 0.29) is 11.5 Å². The molecule has 2 aromatic rings. The van der Waals surface area contributed by atoms with E-state index in [0.717, 1.165) is 36.3 Å². The van der Waals surface area contributed by atoms with Gasteiger partial charge in [0.2, 0.25) is 0 Å². The van der Waals surface area contributed by atoms with Gasteiger partial charge in [0.05, 0.1) is 5.60 Å². The Morgan fingerprint density at radius 2 is 1.62 bits per heavy atom. The number of hydrogen-bond donors (Lipinski definition) is 1. The van der Waals surface area contributed by atoms with Crippen LogP contribution in [0.2, 0.25) is 5.02 Å². The predicted molar refractivity (Wildman–Crippen MR) is 110 cm³/mol. The van der Waals surface area contributed by atoms with Crippen molar-refractivity contribution in [3.05, 3.63) is 70.7 Å². The standard InChI is InChI=1S/C23H30ClNO/c1-22(16-18-8-5-4-6-9-18)15-7-10-21(25(2)3)23(22,26)17-19-11-13-20(24)14-12-19/h4-6,8-9,11-14,21,26H,7,10,15-17H2,1-3H3. The molecule has 1 aliphatic rings. The molecule has 1 saturated carbocycles. The Morgan fingerprint density at radius 1 is 1.00 bits per heavy atom. The van der Waals surface area contributed by atoms with Gasteiger partial charge in [0, 0.05) is 22.9 Å². The van der Waals surface area contributed by atoms with Crippen LogP contribution < -0.4 is 0 Å². The normalized spacial score (nSPS) is 29.1. The van der Waals surface area contributed by atoms with Gasteiger partial charge in [-0.25, -0.2) is 0 Å². The minimum absolute atomic E-state index is 0.139. The SMILES string of the molecule is CN(C)C1CCCC(C)(Cc2ccccc2)C1(O)Cc1ccc(Cl)cc1. The van der Waals surface area contributed by atoms with Crippen LogP contribution in [0.3, 0.4) is 0 Å². The topological polar surface area (TPSA) is 23.5 Å². The molecule has 1 fully saturated rings. The lowest BCUT2D eigenvalue weighted by Gasteiger charge is -2.55. The highest BCUT2D eigenvalue weighted by atomic mass is 35.5. The van der Waals surface area contributed by atoms with Crippen LogP contribution in [0, 0.1) is 5.41 Å². The molecule has 0 amide bonds. The molecule has 0 saturated heterocycles. The zero-order valence-corrected chi connectivity index (χ0v) is 16.8. The number of aliphatic hydroxyl groups is 1. The van der Waals surface area contributed by atoms with Gasteiger partial charge in [-0.15, -0.1) is 0 Å². The van der Waals surface area contributed by atoms with Gasteiger partial charge in [-0.3, -0.25) is 0 Å². The maximum atomic E-state index is 12.1. The van der Waals surface area contributed by atoms with Gasteiger partial charge in [0.15, 0.2) is 0 Å². The van der Waals surface area contributed by atoms with Crippen LogP contribution in [-0.4, -0.2) is 35.7 Å². The Morgan fingerprint density at radius 3 is 2.23 bits per heavy atom. The zero-order chi connectivity index (χ0) is 18.8. The molecule has 1 aliphatic carbocycles. The van der Waals surface area contributed by atoms with Crippen LogP contribution in [0.15, 0.2) is 54.6 Å². The summed E-state index contributed by atoms with van der Waals surface area (Å²) in [4.78, 5) is 2.21. The zero-order valence-electron chi connectivity index (χ0n) is 16.1. The Bertz CT molecular complexity index is 715. The van der Waals surface area contributed by atoms with E-state index < -0.39 is 5.60 Å². The highest BCUT2D eigenvalue weighted by Crippen LogP contribution is 2.49. The molecule has 2 nitrogen and oxygen atoms in total. The van der Waals surface area contributed by atoms with Gasteiger partial charge in [0.1, 0.15) is 0 Å². The molecule has 3 unspecified atom stereocenters. The van der Waals surface area contributed by atoms with Crippen molar-refractivity contribution in [1.29, 1.82) is 0 Å². The number of benzene rings is 2. The molecule has 0 aromatic heterocycles. The molecule has 140 valence electrons. The van der Waals surface area contributed by atoms with Crippen molar-refractivity contribution in [2.75, 3.05) is 14.1 Å².